The van der Waals surface area contributed by atoms with Crippen LogP contribution in [0.2, 0.25) is 0 Å². The molecule has 2 nitrogen and oxygen atoms in total. The summed E-state index contributed by atoms with van der Waals surface area (Å²) >= 11 is 3.10. The Balaban J connectivity index is 1.84. The minimum Gasteiger partial charge on any atom is -0.334 e. The molecule has 0 aliphatic carbocycles. The van der Waals surface area contributed by atoms with E-state index < -0.39 is 5.82 Å². The van der Waals surface area contributed by atoms with Gasteiger partial charge in [0.25, 0.3) is 5.91 Å². The van der Waals surface area contributed by atoms with Crippen molar-refractivity contribution < 1.29 is 9.18 Å². The molecule has 0 fully saturated rings. The summed E-state index contributed by atoms with van der Waals surface area (Å²) in [5, 5.41) is 0. The molecule has 2 aromatic carbocycles. The number of halogens is 2. The largest absolute Gasteiger partial charge is 0.334 e. The molecule has 1 heterocycles. The van der Waals surface area contributed by atoms with Gasteiger partial charge >= 0.3 is 0 Å². The summed E-state index contributed by atoms with van der Waals surface area (Å²) in [5.41, 5.74) is 2.85. The summed E-state index contributed by atoms with van der Waals surface area (Å²) in [6.45, 7) is 1.26. The van der Waals surface area contributed by atoms with E-state index in [-0.39, 0.29) is 5.91 Å². The Morgan fingerprint density at radius 2 is 1.90 bits per heavy atom. The lowest BCUT2D eigenvalue weighted by Gasteiger charge is -2.29. The van der Waals surface area contributed by atoms with Gasteiger partial charge in [0.05, 0.1) is 4.47 Å². The van der Waals surface area contributed by atoms with E-state index in [9.17, 15) is 9.18 Å². The lowest BCUT2D eigenvalue weighted by atomic mass is 9.99. The van der Waals surface area contributed by atoms with Crippen molar-refractivity contribution in [2.45, 2.75) is 13.0 Å². The Kier molecular flexibility index (Phi) is 3.57. The molecule has 0 saturated heterocycles. The normalized spacial score (nSPS) is 14.0. The molecular formula is C16H13BrFNO. The zero-order valence-electron chi connectivity index (χ0n) is 10.8. The van der Waals surface area contributed by atoms with E-state index in [1.807, 2.05) is 18.2 Å². The lowest BCUT2D eigenvalue weighted by Crippen LogP contribution is -2.35. The van der Waals surface area contributed by atoms with Gasteiger partial charge in [-0.2, -0.15) is 0 Å². The minimum absolute atomic E-state index is 0.120. The number of hydrogen-bond donors (Lipinski definition) is 0. The Morgan fingerprint density at radius 3 is 2.65 bits per heavy atom. The van der Waals surface area contributed by atoms with Crippen molar-refractivity contribution in [3.8, 4) is 0 Å². The predicted octanol–water partition coefficient (Wildman–Crippen LogP) is 3.79. The predicted molar refractivity (Wildman–Crippen MR) is 79.0 cm³/mol. The summed E-state index contributed by atoms with van der Waals surface area (Å²) < 4.78 is 13.9. The third-order valence-corrected chi connectivity index (χ3v) is 4.23. The van der Waals surface area contributed by atoms with Crippen molar-refractivity contribution in [1.29, 1.82) is 0 Å². The Morgan fingerprint density at radius 1 is 1.15 bits per heavy atom. The van der Waals surface area contributed by atoms with Gasteiger partial charge in [-0.1, -0.05) is 24.3 Å². The van der Waals surface area contributed by atoms with Crippen LogP contribution in [0.15, 0.2) is 46.9 Å². The summed E-state index contributed by atoms with van der Waals surface area (Å²) in [6, 6.07) is 12.6. The fourth-order valence-corrected chi connectivity index (χ4v) is 2.73. The maximum Gasteiger partial charge on any atom is 0.254 e. The molecular weight excluding hydrogens is 321 g/mol. The van der Waals surface area contributed by atoms with Crippen molar-refractivity contribution in [3.05, 3.63) is 69.4 Å². The van der Waals surface area contributed by atoms with Crippen LogP contribution in [-0.2, 0) is 13.0 Å². The minimum atomic E-state index is -0.409. The molecule has 0 aromatic heterocycles. The maximum absolute atomic E-state index is 13.5. The number of fused-ring (bicyclic) bond motifs is 1. The first-order chi connectivity index (χ1) is 9.65. The second kappa shape index (κ2) is 5.37. The summed E-state index contributed by atoms with van der Waals surface area (Å²) in [6.07, 6.45) is 0.848. The maximum atomic E-state index is 13.5. The number of nitrogens with zero attached hydrogens (tertiary/aromatic N) is 1. The van der Waals surface area contributed by atoms with E-state index in [0.717, 1.165) is 6.42 Å². The number of rotatable bonds is 1. The van der Waals surface area contributed by atoms with Crippen LogP contribution in [0, 0.1) is 5.82 Å². The molecule has 0 radical (unpaired) electrons. The smallest absolute Gasteiger partial charge is 0.254 e. The topological polar surface area (TPSA) is 20.3 Å². The van der Waals surface area contributed by atoms with Crippen LogP contribution in [0.4, 0.5) is 4.39 Å². The fraction of sp³-hybridized carbons (Fsp3) is 0.188. The van der Waals surface area contributed by atoms with Gasteiger partial charge in [0.1, 0.15) is 5.82 Å². The monoisotopic (exact) mass is 333 g/mol. The number of amides is 1. The van der Waals surface area contributed by atoms with Gasteiger partial charge in [0.2, 0.25) is 0 Å². The first-order valence-electron chi connectivity index (χ1n) is 6.46. The molecule has 20 heavy (non-hydrogen) atoms. The van der Waals surface area contributed by atoms with Crippen LogP contribution in [-0.4, -0.2) is 17.4 Å². The van der Waals surface area contributed by atoms with E-state index in [2.05, 4.69) is 22.0 Å². The first kappa shape index (κ1) is 13.3. The number of benzene rings is 2. The average Bonchev–Trinajstić information content (AvgIpc) is 2.49. The first-order valence-corrected chi connectivity index (χ1v) is 7.25. The number of carbonyl (C=O) groups is 1. The van der Waals surface area contributed by atoms with E-state index in [1.165, 1.54) is 17.2 Å². The Labute approximate surface area is 125 Å². The third-order valence-electron chi connectivity index (χ3n) is 3.58. The van der Waals surface area contributed by atoms with Crippen molar-refractivity contribution in [3.63, 3.8) is 0 Å². The highest BCUT2D eigenvalue weighted by Gasteiger charge is 2.21. The molecule has 3 rings (SSSR count). The summed E-state index contributed by atoms with van der Waals surface area (Å²) in [7, 11) is 0. The molecule has 1 amide bonds. The van der Waals surface area contributed by atoms with Gasteiger partial charge in [-0.25, -0.2) is 4.39 Å². The molecule has 0 N–H and O–H groups in total. The van der Waals surface area contributed by atoms with Gasteiger partial charge in [-0.3, -0.25) is 4.79 Å². The summed E-state index contributed by atoms with van der Waals surface area (Å²) in [5.74, 6) is -0.529. The second-order valence-corrected chi connectivity index (χ2v) is 5.73. The molecule has 102 valence electrons. The fourth-order valence-electron chi connectivity index (χ4n) is 2.48. The molecule has 4 heteroatoms. The van der Waals surface area contributed by atoms with Crippen molar-refractivity contribution >= 4 is 21.8 Å². The van der Waals surface area contributed by atoms with Crippen molar-refractivity contribution in [2.24, 2.45) is 0 Å². The van der Waals surface area contributed by atoms with Crippen LogP contribution < -0.4 is 0 Å². The average molecular weight is 334 g/mol. The van der Waals surface area contributed by atoms with E-state index >= 15 is 0 Å². The Hall–Kier alpha value is -1.68. The van der Waals surface area contributed by atoms with Crippen molar-refractivity contribution in [2.75, 3.05) is 6.54 Å². The lowest BCUT2D eigenvalue weighted by molar-refractivity contribution is 0.0734. The van der Waals surface area contributed by atoms with Crippen LogP contribution in [0.3, 0.4) is 0 Å². The zero-order chi connectivity index (χ0) is 14.1. The molecule has 0 saturated carbocycles. The third kappa shape index (κ3) is 2.48. The van der Waals surface area contributed by atoms with Crippen LogP contribution in [0.25, 0.3) is 0 Å². The molecule has 0 bridgehead atoms. The standard InChI is InChI=1S/C16H13BrFNO/c17-14-6-5-12(9-15(14)18)16(20)19-8-7-11-3-1-2-4-13(11)10-19/h1-6,9H,7-8,10H2. The van der Waals surface area contributed by atoms with Gasteiger partial charge < -0.3 is 4.90 Å². The van der Waals surface area contributed by atoms with Crippen LogP contribution in [0.5, 0.6) is 0 Å². The molecule has 0 unspecified atom stereocenters. The number of carbonyl (C=O) groups excluding carboxylic acids is 1. The van der Waals surface area contributed by atoms with E-state index in [4.69, 9.17) is 0 Å². The SMILES string of the molecule is O=C(c1ccc(Br)c(F)c1)N1CCc2ccccc2C1. The van der Waals surface area contributed by atoms with E-state index in [0.29, 0.717) is 23.1 Å². The molecule has 1 aliphatic rings. The van der Waals surface area contributed by atoms with Gasteiger partial charge in [0.15, 0.2) is 0 Å². The van der Waals surface area contributed by atoms with Crippen LogP contribution >= 0.6 is 15.9 Å². The second-order valence-electron chi connectivity index (χ2n) is 4.87. The zero-order valence-corrected chi connectivity index (χ0v) is 12.4. The highest BCUT2D eigenvalue weighted by atomic mass is 79.9. The molecule has 0 atom stereocenters. The molecule has 1 aliphatic heterocycles. The number of hydrogen-bond acceptors (Lipinski definition) is 1. The van der Waals surface area contributed by atoms with Gasteiger partial charge in [-0.15, -0.1) is 0 Å². The van der Waals surface area contributed by atoms with E-state index in [1.54, 1.807) is 17.0 Å². The summed E-state index contributed by atoms with van der Waals surface area (Å²) in [4.78, 5) is 14.2. The van der Waals surface area contributed by atoms with Gasteiger partial charge in [0, 0.05) is 18.7 Å². The molecule has 0 spiro atoms. The van der Waals surface area contributed by atoms with Gasteiger partial charge in [-0.05, 0) is 51.7 Å². The van der Waals surface area contributed by atoms with Crippen molar-refractivity contribution in [1.82, 2.24) is 4.90 Å². The highest BCUT2D eigenvalue weighted by Crippen LogP contribution is 2.22. The Bertz CT molecular complexity index is 671. The quantitative estimate of drug-likeness (QED) is 0.777. The highest BCUT2D eigenvalue weighted by molar-refractivity contribution is 9.10. The molecule has 2 aromatic rings. The van der Waals surface area contributed by atoms with Crippen LogP contribution in [0.1, 0.15) is 21.5 Å².